The van der Waals surface area contributed by atoms with Gasteiger partial charge in [0, 0.05) is 17.8 Å². The molecule has 0 atom stereocenters. The van der Waals surface area contributed by atoms with Crippen LogP contribution in [0.25, 0.3) is 11.1 Å². The highest BCUT2D eigenvalue weighted by molar-refractivity contribution is 5.81. The molecule has 0 radical (unpaired) electrons. The molecule has 0 amide bonds. The molecule has 3 rings (SSSR count). The van der Waals surface area contributed by atoms with Gasteiger partial charge in [0.15, 0.2) is 0 Å². The second kappa shape index (κ2) is 4.25. The van der Waals surface area contributed by atoms with Crippen molar-refractivity contribution in [2.45, 2.75) is 19.8 Å². The maximum atomic E-state index is 3.55. The highest BCUT2D eigenvalue weighted by atomic mass is 14.9. The van der Waals surface area contributed by atoms with E-state index < -0.39 is 0 Å². The van der Waals surface area contributed by atoms with Crippen LogP contribution in [0.3, 0.4) is 0 Å². The molecule has 0 unspecified atom stereocenters. The zero-order valence-electron chi connectivity index (χ0n) is 10.2. The van der Waals surface area contributed by atoms with E-state index in [-0.39, 0.29) is 0 Å². The van der Waals surface area contributed by atoms with Gasteiger partial charge in [0.05, 0.1) is 0 Å². The van der Waals surface area contributed by atoms with Crippen LogP contribution in [-0.2, 0) is 6.42 Å². The van der Waals surface area contributed by atoms with Crippen LogP contribution in [0.5, 0.6) is 0 Å². The highest BCUT2D eigenvalue weighted by Gasteiger charge is 2.13. The molecular formula is C16H17N. The molecule has 0 aromatic heterocycles. The van der Waals surface area contributed by atoms with Gasteiger partial charge in [-0.25, -0.2) is 0 Å². The predicted octanol–water partition coefficient (Wildman–Crippen LogP) is 4.02. The Morgan fingerprint density at radius 1 is 1.06 bits per heavy atom. The fourth-order valence-electron chi connectivity index (χ4n) is 2.56. The minimum atomic E-state index is 1.09. The molecule has 1 heteroatoms. The Balaban J connectivity index is 2.14. The van der Waals surface area contributed by atoms with E-state index in [1.54, 1.807) is 0 Å². The van der Waals surface area contributed by atoms with E-state index in [1.165, 1.54) is 40.8 Å². The summed E-state index contributed by atoms with van der Waals surface area (Å²) in [5.74, 6) is 0. The highest BCUT2D eigenvalue weighted by Crippen LogP contribution is 2.33. The molecule has 0 saturated carbocycles. The van der Waals surface area contributed by atoms with Crippen molar-refractivity contribution in [1.82, 2.24) is 0 Å². The standard InChI is InChI=1S/C16H17N/c1-12-5-2-7-14(11-12)15-9-3-6-13-8-4-10-17-16(13)15/h2-3,5-7,9,11,17H,4,8,10H2,1H3. The lowest BCUT2D eigenvalue weighted by Crippen LogP contribution is -2.12. The van der Waals surface area contributed by atoms with E-state index in [4.69, 9.17) is 0 Å². The molecule has 86 valence electrons. The summed E-state index contributed by atoms with van der Waals surface area (Å²) in [6.45, 7) is 3.24. The van der Waals surface area contributed by atoms with Crippen LogP contribution in [0.1, 0.15) is 17.5 Å². The second-order valence-electron chi connectivity index (χ2n) is 4.74. The normalized spacial score (nSPS) is 13.9. The molecule has 1 aliphatic rings. The molecule has 1 aliphatic heterocycles. The van der Waals surface area contributed by atoms with Crippen molar-refractivity contribution in [2.75, 3.05) is 11.9 Å². The van der Waals surface area contributed by atoms with E-state index in [0.717, 1.165) is 6.54 Å². The molecule has 0 bridgehead atoms. The van der Waals surface area contributed by atoms with Gasteiger partial charge in [0.2, 0.25) is 0 Å². The lowest BCUT2D eigenvalue weighted by molar-refractivity contribution is 0.831. The van der Waals surface area contributed by atoms with Crippen molar-refractivity contribution in [3.63, 3.8) is 0 Å². The van der Waals surface area contributed by atoms with E-state index >= 15 is 0 Å². The zero-order chi connectivity index (χ0) is 11.7. The van der Waals surface area contributed by atoms with Gasteiger partial charge >= 0.3 is 0 Å². The molecule has 0 spiro atoms. The molecule has 2 aromatic carbocycles. The number of benzene rings is 2. The average molecular weight is 223 g/mol. The molecule has 0 aliphatic carbocycles. The van der Waals surface area contributed by atoms with Crippen molar-refractivity contribution >= 4 is 5.69 Å². The first-order valence-electron chi connectivity index (χ1n) is 6.27. The fraction of sp³-hybridized carbons (Fsp3) is 0.250. The summed E-state index contributed by atoms with van der Waals surface area (Å²) >= 11 is 0. The van der Waals surface area contributed by atoms with E-state index in [9.17, 15) is 0 Å². The molecule has 1 heterocycles. The van der Waals surface area contributed by atoms with Crippen LogP contribution in [0, 0.1) is 6.92 Å². The topological polar surface area (TPSA) is 12.0 Å². The SMILES string of the molecule is Cc1cccc(-c2cccc3c2NCCC3)c1. The van der Waals surface area contributed by atoms with Crippen molar-refractivity contribution in [3.8, 4) is 11.1 Å². The van der Waals surface area contributed by atoms with Crippen LogP contribution in [0.2, 0.25) is 0 Å². The molecule has 2 aromatic rings. The lowest BCUT2D eigenvalue weighted by atomic mass is 9.95. The van der Waals surface area contributed by atoms with Crippen LogP contribution < -0.4 is 5.32 Å². The zero-order valence-corrected chi connectivity index (χ0v) is 10.2. The number of hydrogen-bond donors (Lipinski definition) is 1. The largest absolute Gasteiger partial charge is 0.384 e. The summed E-state index contributed by atoms with van der Waals surface area (Å²) in [5.41, 5.74) is 6.76. The lowest BCUT2D eigenvalue weighted by Gasteiger charge is -2.21. The molecule has 0 fully saturated rings. The van der Waals surface area contributed by atoms with Gasteiger partial charge in [0.25, 0.3) is 0 Å². The Hall–Kier alpha value is -1.76. The number of nitrogens with one attached hydrogen (secondary N) is 1. The van der Waals surface area contributed by atoms with Gasteiger partial charge in [-0.05, 0) is 30.9 Å². The van der Waals surface area contributed by atoms with Crippen LogP contribution >= 0.6 is 0 Å². The van der Waals surface area contributed by atoms with Crippen LogP contribution in [-0.4, -0.2) is 6.54 Å². The van der Waals surface area contributed by atoms with Gasteiger partial charge in [-0.3, -0.25) is 0 Å². The molecular weight excluding hydrogens is 206 g/mol. The Morgan fingerprint density at radius 2 is 1.94 bits per heavy atom. The molecule has 1 nitrogen and oxygen atoms in total. The van der Waals surface area contributed by atoms with E-state index in [0.29, 0.717) is 0 Å². The first-order chi connectivity index (χ1) is 8.34. The van der Waals surface area contributed by atoms with Crippen LogP contribution in [0.4, 0.5) is 5.69 Å². The Bertz CT molecular complexity index is 543. The van der Waals surface area contributed by atoms with Gasteiger partial charge < -0.3 is 5.32 Å². The minimum absolute atomic E-state index is 1.09. The third-order valence-electron chi connectivity index (χ3n) is 3.40. The monoisotopic (exact) mass is 223 g/mol. The Kier molecular flexibility index (Phi) is 2.60. The summed E-state index contributed by atoms with van der Waals surface area (Å²) in [6.07, 6.45) is 2.44. The van der Waals surface area contributed by atoms with Gasteiger partial charge in [-0.15, -0.1) is 0 Å². The second-order valence-corrected chi connectivity index (χ2v) is 4.74. The summed E-state index contributed by atoms with van der Waals surface area (Å²) in [5, 5.41) is 3.55. The van der Waals surface area contributed by atoms with Crippen molar-refractivity contribution in [3.05, 3.63) is 53.6 Å². The summed E-state index contributed by atoms with van der Waals surface area (Å²) in [4.78, 5) is 0. The minimum Gasteiger partial charge on any atom is -0.384 e. The van der Waals surface area contributed by atoms with Crippen LogP contribution in [0.15, 0.2) is 42.5 Å². The summed E-state index contributed by atoms with van der Waals surface area (Å²) in [6, 6.07) is 15.3. The number of hydrogen-bond acceptors (Lipinski definition) is 1. The fourth-order valence-corrected chi connectivity index (χ4v) is 2.56. The van der Waals surface area contributed by atoms with Crippen molar-refractivity contribution < 1.29 is 0 Å². The summed E-state index contributed by atoms with van der Waals surface area (Å²) in [7, 11) is 0. The molecule has 17 heavy (non-hydrogen) atoms. The van der Waals surface area contributed by atoms with Gasteiger partial charge in [-0.1, -0.05) is 48.0 Å². The number of aryl methyl sites for hydroxylation is 2. The van der Waals surface area contributed by atoms with Crippen molar-refractivity contribution in [2.24, 2.45) is 0 Å². The average Bonchev–Trinajstić information content (AvgIpc) is 2.38. The smallest absolute Gasteiger partial charge is 0.0452 e. The number of anilines is 1. The third kappa shape index (κ3) is 1.93. The molecule has 0 saturated heterocycles. The summed E-state index contributed by atoms with van der Waals surface area (Å²) < 4.78 is 0. The van der Waals surface area contributed by atoms with E-state index in [1.807, 2.05) is 0 Å². The number of para-hydroxylation sites is 1. The predicted molar refractivity (Wildman–Crippen MR) is 73.4 cm³/mol. The van der Waals surface area contributed by atoms with Gasteiger partial charge in [-0.2, -0.15) is 0 Å². The Labute approximate surface area is 102 Å². The number of fused-ring (bicyclic) bond motifs is 1. The number of rotatable bonds is 1. The maximum absolute atomic E-state index is 3.55. The first-order valence-corrected chi connectivity index (χ1v) is 6.27. The first kappa shape index (κ1) is 10.4. The third-order valence-corrected chi connectivity index (χ3v) is 3.40. The Morgan fingerprint density at radius 3 is 2.82 bits per heavy atom. The van der Waals surface area contributed by atoms with Gasteiger partial charge in [0.1, 0.15) is 0 Å². The quantitative estimate of drug-likeness (QED) is 0.770. The maximum Gasteiger partial charge on any atom is 0.0452 e. The molecule has 1 N–H and O–H groups in total. The van der Waals surface area contributed by atoms with Crippen molar-refractivity contribution in [1.29, 1.82) is 0 Å². The van der Waals surface area contributed by atoms with E-state index in [2.05, 4.69) is 54.7 Å².